The largest absolute Gasteiger partial charge is 0.494 e. The van der Waals surface area contributed by atoms with Crippen molar-refractivity contribution in [3.05, 3.63) is 23.0 Å². The number of amides is 1. The average Bonchev–Trinajstić information content (AvgIpc) is 2.81. The van der Waals surface area contributed by atoms with Crippen LogP contribution in [0.5, 0.6) is 5.75 Å². The van der Waals surface area contributed by atoms with E-state index in [-0.39, 0.29) is 18.3 Å². The second kappa shape index (κ2) is 7.92. The molecular weight excluding hydrogens is 316 g/mol. The summed E-state index contributed by atoms with van der Waals surface area (Å²) in [6.07, 6.45) is 0.234. The van der Waals surface area contributed by atoms with E-state index >= 15 is 0 Å². The Hall–Kier alpha value is -2.15. The van der Waals surface area contributed by atoms with Crippen molar-refractivity contribution < 1.29 is 19.1 Å². The Morgan fingerprint density at radius 1 is 1.26 bits per heavy atom. The number of nitrogens with zero attached hydrogens (tertiary/aromatic N) is 2. The number of hydrogen-bond donors (Lipinski definition) is 0. The molecule has 0 unspecified atom stereocenters. The van der Waals surface area contributed by atoms with Crippen molar-refractivity contribution in [2.45, 2.75) is 33.7 Å². The maximum Gasteiger partial charge on any atom is 0.307 e. The lowest BCUT2D eigenvalue weighted by Gasteiger charge is -2.06. The van der Waals surface area contributed by atoms with Gasteiger partial charge < -0.3 is 14.0 Å². The van der Waals surface area contributed by atoms with Crippen LogP contribution < -0.4 is 9.54 Å². The number of benzene rings is 1. The fourth-order valence-electron chi connectivity index (χ4n) is 2.18. The van der Waals surface area contributed by atoms with Gasteiger partial charge in [0.1, 0.15) is 5.75 Å². The molecular formula is C16H20N2O4S. The van der Waals surface area contributed by atoms with Gasteiger partial charge in [0.15, 0.2) is 4.80 Å². The highest BCUT2D eigenvalue weighted by atomic mass is 32.1. The zero-order valence-corrected chi connectivity index (χ0v) is 14.3. The standard InChI is InChI=1S/C16H20N2O4S/c1-4-21-12-6-7-13-14(10-12)23-16(17-11(3)19)18(13)9-8-15(20)22-5-2/h6-7,10H,4-5,8-9H2,1-3H3. The zero-order valence-electron chi connectivity index (χ0n) is 13.5. The van der Waals surface area contributed by atoms with Gasteiger partial charge in [0.25, 0.3) is 0 Å². The van der Waals surface area contributed by atoms with E-state index in [0.717, 1.165) is 16.0 Å². The summed E-state index contributed by atoms with van der Waals surface area (Å²) in [6, 6.07) is 5.71. The number of aryl methyl sites for hydroxylation is 1. The molecule has 0 N–H and O–H groups in total. The summed E-state index contributed by atoms with van der Waals surface area (Å²) in [5, 5.41) is 0. The average molecular weight is 336 g/mol. The summed E-state index contributed by atoms with van der Waals surface area (Å²) in [4.78, 5) is 27.6. The molecule has 1 aromatic carbocycles. The lowest BCUT2D eigenvalue weighted by molar-refractivity contribution is -0.143. The van der Waals surface area contributed by atoms with E-state index in [9.17, 15) is 9.59 Å². The van der Waals surface area contributed by atoms with Crippen LogP contribution >= 0.6 is 11.3 Å². The Bertz CT molecular complexity index is 776. The molecule has 6 nitrogen and oxygen atoms in total. The fraction of sp³-hybridized carbons (Fsp3) is 0.438. The molecule has 0 fully saturated rings. The first-order valence-corrected chi connectivity index (χ1v) is 8.34. The molecule has 1 heterocycles. The lowest BCUT2D eigenvalue weighted by atomic mass is 10.3. The third kappa shape index (κ3) is 4.41. The first-order chi connectivity index (χ1) is 11.0. The van der Waals surface area contributed by atoms with Crippen molar-refractivity contribution in [2.75, 3.05) is 13.2 Å². The maximum atomic E-state index is 11.6. The molecule has 0 spiro atoms. The lowest BCUT2D eigenvalue weighted by Crippen LogP contribution is -2.19. The monoisotopic (exact) mass is 336 g/mol. The number of carbonyl (C=O) groups is 2. The van der Waals surface area contributed by atoms with Crippen LogP contribution in [-0.4, -0.2) is 29.7 Å². The van der Waals surface area contributed by atoms with Gasteiger partial charge >= 0.3 is 5.97 Å². The molecule has 0 aliphatic carbocycles. The molecule has 1 aromatic heterocycles. The van der Waals surface area contributed by atoms with Crippen molar-refractivity contribution in [1.29, 1.82) is 0 Å². The minimum absolute atomic E-state index is 0.234. The van der Waals surface area contributed by atoms with E-state index in [1.54, 1.807) is 6.92 Å². The Balaban J connectivity index is 2.42. The van der Waals surface area contributed by atoms with Crippen LogP contribution in [-0.2, 0) is 20.9 Å². The van der Waals surface area contributed by atoms with Crippen LogP contribution in [0.4, 0.5) is 0 Å². The summed E-state index contributed by atoms with van der Waals surface area (Å²) < 4.78 is 13.3. The molecule has 0 aliphatic heterocycles. The van der Waals surface area contributed by atoms with E-state index in [0.29, 0.717) is 24.6 Å². The van der Waals surface area contributed by atoms with Crippen molar-refractivity contribution in [3.8, 4) is 5.75 Å². The summed E-state index contributed by atoms with van der Waals surface area (Å²) in [6.45, 7) is 6.47. The van der Waals surface area contributed by atoms with Crippen LogP contribution in [0, 0.1) is 0 Å². The number of hydrogen-bond acceptors (Lipinski definition) is 5. The van der Waals surface area contributed by atoms with E-state index in [1.165, 1.54) is 18.3 Å². The summed E-state index contributed by atoms with van der Waals surface area (Å²) in [7, 11) is 0. The SMILES string of the molecule is CCOC(=O)CCn1c(=NC(C)=O)sc2cc(OCC)ccc21. The molecule has 124 valence electrons. The third-order valence-corrected chi connectivity index (χ3v) is 4.10. The first kappa shape index (κ1) is 17.2. The van der Waals surface area contributed by atoms with Gasteiger partial charge in [-0.1, -0.05) is 11.3 Å². The fourth-order valence-corrected chi connectivity index (χ4v) is 3.31. The van der Waals surface area contributed by atoms with Crippen molar-refractivity contribution in [1.82, 2.24) is 4.57 Å². The summed E-state index contributed by atoms with van der Waals surface area (Å²) >= 11 is 1.40. The van der Waals surface area contributed by atoms with Gasteiger partial charge in [-0.15, -0.1) is 0 Å². The van der Waals surface area contributed by atoms with E-state index in [2.05, 4.69) is 4.99 Å². The van der Waals surface area contributed by atoms with Crippen molar-refractivity contribution >= 4 is 33.4 Å². The Labute approximate surface area is 138 Å². The smallest absolute Gasteiger partial charge is 0.307 e. The molecule has 0 radical (unpaired) electrons. The molecule has 0 atom stereocenters. The van der Waals surface area contributed by atoms with Gasteiger partial charge in [-0.25, -0.2) is 0 Å². The van der Waals surface area contributed by atoms with E-state index in [4.69, 9.17) is 9.47 Å². The van der Waals surface area contributed by atoms with E-state index < -0.39 is 0 Å². The van der Waals surface area contributed by atoms with Gasteiger partial charge in [0, 0.05) is 13.5 Å². The van der Waals surface area contributed by atoms with Crippen LogP contribution in [0.2, 0.25) is 0 Å². The maximum absolute atomic E-state index is 11.6. The number of rotatable bonds is 6. The molecule has 0 bridgehead atoms. The van der Waals surface area contributed by atoms with Crippen molar-refractivity contribution in [3.63, 3.8) is 0 Å². The predicted octanol–water partition coefficient (Wildman–Crippen LogP) is 2.50. The number of esters is 1. The van der Waals surface area contributed by atoms with Crippen LogP contribution in [0.3, 0.4) is 0 Å². The molecule has 2 aromatic rings. The summed E-state index contributed by atoms with van der Waals surface area (Å²) in [5.74, 6) is 0.235. The predicted molar refractivity (Wildman–Crippen MR) is 88.5 cm³/mol. The molecule has 2 rings (SSSR count). The molecule has 1 amide bonds. The topological polar surface area (TPSA) is 69.9 Å². The molecule has 0 aliphatic rings. The third-order valence-electron chi connectivity index (χ3n) is 3.06. The highest BCUT2D eigenvalue weighted by Gasteiger charge is 2.10. The first-order valence-electron chi connectivity index (χ1n) is 7.52. The summed E-state index contributed by atoms with van der Waals surface area (Å²) in [5.41, 5.74) is 0.919. The highest BCUT2D eigenvalue weighted by Crippen LogP contribution is 2.23. The van der Waals surface area contributed by atoms with Gasteiger partial charge in [-0.05, 0) is 32.0 Å². The zero-order chi connectivity index (χ0) is 16.8. The molecule has 0 saturated heterocycles. The molecule has 0 saturated carbocycles. The number of carbonyl (C=O) groups excluding carboxylic acids is 2. The van der Waals surface area contributed by atoms with Crippen LogP contribution in [0.25, 0.3) is 10.2 Å². The normalized spacial score (nSPS) is 11.7. The van der Waals surface area contributed by atoms with Gasteiger partial charge in [-0.3, -0.25) is 9.59 Å². The van der Waals surface area contributed by atoms with Crippen LogP contribution in [0.1, 0.15) is 27.2 Å². The van der Waals surface area contributed by atoms with Gasteiger partial charge in [-0.2, -0.15) is 4.99 Å². The number of ether oxygens (including phenoxy) is 2. The number of aromatic nitrogens is 1. The Morgan fingerprint density at radius 3 is 2.70 bits per heavy atom. The van der Waals surface area contributed by atoms with Gasteiger partial charge in [0.2, 0.25) is 5.91 Å². The molecule has 23 heavy (non-hydrogen) atoms. The second-order valence-corrected chi connectivity index (χ2v) is 5.79. The Morgan fingerprint density at radius 2 is 2.04 bits per heavy atom. The van der Waals surface area contributed by atoms with Gasteiger partial charge in [0.05, 0.1) is 29.9 Å². The number of fused-ring (bicyclic) bond motifs is 1. The number of thiazole rings is 1. The minimum atomic E-state index is -0.272. The molecule has 7 heteroatoms. The quantitative estimate of drug-likeness (QED) is 0.760. The van der Waals surface area contributed by atoms with E-state index in [1.807, 2.05) is 29.7 Å². The highest BCUT2D eigenvalue weighted by molar-refractivity contribution is 7.16. The van der Waals surface area contributed by atoms with Crippen molar-refractivity contribution in [2.24, 2.45) is 4.99 Å². The second-order valence-electron chi connectivity index (χ2n) is 4.78. The minimum Gasteiger partial charge on any atom is -0.494 e. The van der Waals surface area contributed by atoms with Crippen LogP contribution in [0.15, 0.2) is 23.2 Å². The Kier molecular flexibility index (Phi) is 5.92.